The number of aromatic nitrogens is 1. The molecular formula is C13H13N3O2S. The quantitative estimate of drug-likeness (QED) is 0.690. The maximum Gasteiger partial charge on any atom is 0.303 e. The highest BCUT2D eigenvalue weighted by atomic mass is 32.1. The molecule has 0 spiro atoms. The molecule has 2 heterocycles. The number of hydrogen-bond acceptors (Lipinski definition) is 5. The number of aryl methyl sites for hydroxylation is 1. The summed E-state index contributed by atoms with van der Waals surface area (Å²) in [7, 11) is 0. The summed E-state index contributed by atoms with van der Waals surface area (Å²) in [5.41, 5.74) is 2.56. The van der Waals surface area contributed by atoms with Gasteiger partial charge in [0.2, 0.25) is 0 Å². The van der Waals surface area contributed by atoms with Crippen LogP contribution in [0, 0.1) is 10.1 Å². The van der Waals surface area contributed by atoms with E-state index in [0.29, 0.717) is 5.00 Å². The zero-order valence-electron chi connectivity index (χ0n) is 10.2. The van der Waals surface area contributed by atoms with Crippen LogP contribution >= 0.6 is 11.3 Å². The Hall–Kier alpha value is -1.95. The van der Waals surface area contributed by atoms with E-state index in [2.05, 4.69) is 16.4 Å². The summed E-state index contributed by atoms with van der Waals surface area (Å²) in [6, 6.07) is 5.81. The van der Waals surface area contributed by atoms with Crippen molar-refractivity contribution in [2.24, 2.45) is 0 Å². The van der Waals surface area contributed by atoms with E-state index in [1.54, 1.807) is 11.4 Å². The molecule has 0 radical (unpaired) electrons. The van der Waals surface area contributed by atoms with Crippen LogP contribution in [0.3, 0.4) is 0 Å². The van der Waals surface area contributed by atoms with Crippen LogP contribution in [0.1, 0.15) is 17.7 Å². The molecule has 2 aromatic heterocycles. The fraction of sp³-hybridized carbons (Fsp3) is 0.308. The smallest absolute Gasteiger partial charge is 0.303 e. The normalized spacial score (nSPS) is 17.8. The first-order valence-corrected chi connectivity index (χ1v) is 7.03. The van der Waals surface area contributed by atoms with Gasteiger partial charge in [0.15, 0.2) is 5.00 Å². The second-order valence-electron chi connectivity index (χ2n) is 4.59. The molecule has 0 aliphatic heterocycles. The van der Waals surface area contributed by atoms with Crippen molar-refractivity contribution in [1.29, 1.82) is 0 Å². The van der Waals surface area contributed by atoms with Crippen molar-refractivity contribution >= 4 is 22.0 Å². The Kier molecular flexibility index (Phi) is 3.16. The minimum Gasteiger partial charge on any atom is -0.368 e. The Morgan fingerprint density at radius 3 is 3.21 bits per heavy atom. The highest BCUT2D eigenvalue weighted by Crippen LogP contribution is 2.32. The number of pyridine rings is 1. The number of anilines is 1. The first-order chi connectivity index (χ1) is 9.24. The van der Waals surface area contributed by atoms with Gasteiger partial charge >= 0.3 is 5.69 Å². The van der Waals surface area contributed by atoms with Gasteiger partial charge in [-0.2, -0.15) is 0 Å². The Labute approximate surface area is 114 Å². The molecule has 6 heteroatoms. The molecule has 98 valence electrons. The lowest BCUT2D eigenvalue weighted by Crippen LogP contribution is -2.27. The average Bonchev–Trinajstić information content (AvgIpc) is 2.87. The lowest BCUT2D eigenvalue weighted by atomic mass is 9.92. The molecule has 1 aliphatic rings. The van der Waals surface area contributed by atoms with Gasteiger partial charge in [0.1, 0.15) is 0 Å². The molecule has 2 aromatic rings. The van der Waals surface area contributed by atoms with Crippen molar-refractivity contribution in [2.45, 2.75) is 25.3 Å². The van der Waals surface area contributed by atoms with Crippen LogP contribution in [0.2, 0.25) is 0 Å². The van der Waals surface area contributed by atoms with Gasteiger partial charge in [-0.1, -0.05) is 6.07 Å². The average molecular weight is 275 g/mol. The standard InChI is InChI=1S/C13H13N3O2S/c17-16(18)12-5-7-19-13(12)15-10-3-4-11-9(8-10)2-1-6-14-11/h1-2,5-7,10,15H,3-4,8H2. The van der Waals surface area contributed by atoms with Crippen molar-refractivity contribution in [2.75, 3.05) is 5.32 Å². The molecule has 0 fully saturated rings. The van der Waals surface area contributed by atoms with Crippen LogP contribution in [-0.2, 0) is 12.8 Å². The number of nitro groups is 1. The maximum atomic E-state index is 10.9. The summed E-state index contributed by atoms with van der Waals surface area (Å²) >= 11 is 1.38. The van der Waals surface area contributed by atoms with E-state index < -0.39 is 0 Å². The molecule has 1 unspecified atom stereocenters. The third kappa shape index (κ3) is 2.44. The first-order valence-electron chi connectivity index (χ1n) is 6.15. The van der Waals surface area contributed by atoms with E-state index in [-0.39, 0.29) is 16.7 Å². The van der Waals surface area contributed by atoms with Crippen molar-refractivity contribution in [3.05, 3.63) is 51.1 Å². The highest BCUT2D eigenvalue weighted by molar-refractivity contribution is 7.14. The van der Waals surface area contributed by atoms with Gasteiger partial charge in [-0.25, -0.2) is 0 Å². The van der Waals surface area contributed by atoms with Crippen LogP contribution in [0.4, 0.5) is 10.7 Å². The zero-order valence-corrected chi connectivity index (χ0v) is 11.0. The maximum absolute atomic E-state index is 10.9. The van der Waals surface area contributed by atoms with Crippen LogP contribution < -0.4 is 5.32 Å². The summed E-state index contributed by atoms with van der Waals surface area (Å²) in [5, 5.41) is 16.6. The Bertz CT molecular complexity index is 611. The zero-order chi connectivity index (χ0) is 13.2. The molecule has 0 bridgehead atoms. The number of thiophene rings is 1. The minimum atomic E-state index is -0.336. The van der Waals surface area contributed by atoms with Gasteiger partial charge in [-0.05, 0) is 36.3 Å². The molecule has 0 saturated carbocycles. The highest BCUT2D eigenvalue weighted by Gasteiger charge is 2.22. The van der Waals surface area contributed by atoms with E-state index in [4.69, 9.17) is 0 Å². The SMILES string of the molecule is O=[N+]([O-])c1ccsc1NC1CCc2ncccc2C1. The van der Waals surface area contributed by atoms with Gasteiger partial charge in [-0.15, -0.1) is 11.3 Å². The molecule has 1 atom stereocenters. The Morgan fingerprint density at radius 2 is 2.37 bits per heavy atom. The lowest BCUT2D eigenvalue weighted by molar-refractivity contribution is -0.383. The Balaban J connectivity index is 1.76. The molecule has 19 heavy (non-hydrogen) atoms. The van der Waals surface area contributed by atoms with Crippen molar-refractivity contribution in [1.82, 2.24) is 4.98 Å². The van der Waals surface area contributed by atoms with E-state index in [1.165, 1.54) is 16.9 Å². The number of nitrogens with zero attached hydrogens (tertiary/aromatic N) is 2. The van der Waals surface area contributed by atoms with Crippen LogP contribution in [-0.4, -0.2) is 15.9 Å². The molecular weight excluding hydrogens is 262 g/mol. The number of fused-ring (bicyclic) bond motifs is 1. The second kappa shape index (κ2) is 4.97. The predicted molar refractivity (Wildman–Crippen MR) is 74.6 cm³/mol. The first kappa shape index (κ1) is 12.1. The van der Waals surface area contributed by atoms with E-state index in [0.717, 1.165) is 25.0 Å². The van der Waals surface area contributed by atoms with Gasteiger partial charge < -0.3 is 5.32 Å². The third-order valence-corrected chi connectivity index (χ3v) is 4.19. The monoisotopic (exact) mass is 275 g/mol. The summed E-state index contributed by atoms with van der Waals surface area (Å²) in [4.78, 5) is 14.9. The molecule has 5 nitrogen and oxygen atoms in total. The van der Waals surface area contributed by atoms with Crippen LogP contribution in [0.15, 0.2) is 29.8 Å². The van der Waals surface area contributed by atoms with Crippen molar-refractivity contribution in [3.8, 4) is 0 Å². The van der Waals surface area contributed by atoms with Gasteiger partial charge in [0, 0.05) is 24.0 Å². The van der Waals surface area contributed by atoms with Crippen molar-refractivity contribution in [3.63, 3.8) is 0 Å². The predicted octanol–water partition coefficient (Wildman–Crippen LogP) is 3.02. The summed E-state index contributed by atoms with van der Waals surface area (Å²) in [6.07, 6.45) is 4.57. The molecule has 0 amide bonds. The van der Waals surface area contributed by atoms with Gasteiger partial charge in [-0.3, -0.25) is 15.1 Å². The molecule has 3 rings (SSSR count). The number of nitrogens with one attached hydrogen (secondary N) is 1. The van der Waals surface area contributed by atoms with E-state index in [9.17, 15) is 10.1 Å². The summed E-state index contributed by atoms with van der Waals surface area (Å²) in [5.74, 6) is 0. The van der Waals surface area contributed by atoms with E-state index >= 15 is 0 Å². The molecule has 0 saturated heterocycles. The molecule has 0 aromatic carbocycles. The number of hydrogen-bond donors (Lipinski definition) is 1. The number of rotatable bonds is 3. The van der Waals surface area contributed by atoms with Crippen LogP contribution in [0.25, 0.3) is 0 Å². The van der Waals surface area contributed by atoms with Gasteiger partial charge in [0.25, 0.3) is 0 Å². The Morgan fingerprint density at radius 1 is 1.47 bits per heavy atom. The topological polar surface area (TPSA) is 68.1 Å². The van der Waals surface area contributed by atoms with Crippen LogP contribution in [0.5, 0.6) is 0 Å². The van der Waals surface area contributed by atoms with Gasteiger partial charge in [0.05, 0.1) is 4.92 Å². The fourth-order valence-electron chi connectivity index (χ4n) is 2.42. The molecule has 1 aliphatic carbocycles. The summed E-state index contributed by atoms with van der Waals surface area (Å²) in [6.45, 7) is 0. The van der Waals surface area contributed by atoms with E-state index in [1.807, 2.05) is 12.3 Å². The molecule has 1 N–H and O–H groups in total. The largest absolute Gasteiger partial charge is 0.368 e. The lowest BCUT2D eigenvalue weighted by Gasteiger charge is -2.24. The van der Waals surface area contributed by atoms with Crippen molar-refractivity contribution < 1.29 is 4.92 Å². The third-order valence-electron chi connectivity index (χ3n) is 3.36. The fourth-order valence-corrected chi connectivity index (χ4v) is 3.25. The minimum absolute atomic E-state index is 0.169. The second-order valence-corrected chi connectivity index (χ2v) is 5.50. The summed E-state index contributed by atoms with van der Waals surface area (Å²) < 4.78 is 0.